The molecule has 0 atom stereocenters. The van der Waals surface area contributed by atoms with Gasteiger partial charge in [0.05, 0.1) is 16.1 Å². The fourth-order valence-electron chi connectivity index (χ4n) is 3.47. The molecule has 3 nitrogen and oxygen atoms in total. The number of hydrogen-bond donors (Lipinski definition) is 1. The van der Waals surface area contributed by atoms with Crippen molar-refractivity contribution in [3.8, 4) is 0 Å². The quantitative estimate of drug-likeness (QED) is 0.846. The number of amides is 1. The second-order valence-corrected chi connectivity index (χ2v) is 7.31. The lowest BCUT2D eigenvalue weighted by Gasteiger charge is -2.44. The Morgan fingerprint density at radius 1 is 1.24 bits per heavy atom. The third-order valence-electron chi connectivity index (χ3n) is 4.87. The summed E-state index contributed by atoms with van der Waals surface area (Å²) >= 11 is 12.3. The van der Waals surface area contributed by atoms with Crippen molar-refractivity contribution in [3.63, 3.8) is 0 Å². The van der Waals surface area contributed by atoms with E-state index >= 15 is 0 Å². The monoisotopic (exact) mass is 326 g/mol. The zero-order chi connectivity index (χ0) is 15.2. The molecule has 0 aliphatic carbocycles. The number of halogens is 2. The molecule has 1 aromatic rings. The molecular weight excluding hydrogens is 307 g/mol. The number of fused-ring (bicyclic) bond motifs is 1. The maximum absolute atomic E-state index is 12.6. The molecule has 114 valence electrons. The smallest absolute Gasteiger partial charge is 0.231 e. The molecule has 0 saturated carbocycles. The number of rotatable bonds is 1. The molecule has 2 heterocycles. The van der Waals surface area contributed by atoms with Crippen LogP contribution in [0.4, 0.5) is 5.69 Å². The van der Waals surface area contributed by atoms with Gasteiger partial charge in [-0.3, -0.25) is 4.79 Å². The molecule has 1 spiro atoms. The number of nitrogens with zero attached hydrogens (tertiary/aromatic N) is 1. The van der Waals surface area contributed by atoms with Crippen molar-refractivity contribution in [2.75, 3.05) is 18.4 Å². The van der Waals surface area contributed by atoms with Crippen molar-refractivity contribution < 1.29 is 4.79 Å². The number of carbonyl (C=O) groups is 1. The van der Waals surface area contributed by atoms with Crippen LogP contribution in [0.2, 0.25) is 10.0 Å². The van der Waals surface area contributed by atoms with E-state index < -0.39 is 0 Å². The standard InChI is InChI=1S/C16H20Cl2N2O/c1-10(2)20-5-3-16(4-6-20)9-11-7-12(17)8-13(18)14(11)19-15(16)21/h7-8,10H,3-6,9H2,1-2H3,(H,19,21). The Morgan fingerprint density at radius 2 is 1.90 bits per heavy atom. The SMILES string of the molecule is CC(C)N1CCC2(CC1)Cc1cc(Cl)cc(Cl)c1NC2=O. The van der Waals surface area contributed by atoms with Gasteiger partial charge < -0.3 is 10.2 Å². The van der Waals surface area contributed by atoms with Crippen molar-refractivity contribution in [3.05, 3.63) is 27.7 Å². The van der Waals surface area contributed by atoms with Crippen LogP contribution < -0.4 is 5.32 Å². The summed E-state index contributed by atoms with van der Waals surface area (Å²) in [5, 5.41) is 4.17. The minimum Gasteiger partial charge on any atom is -0.324 e. The number of benzene rings is 1. The van der Waals surface area contributed by atoms with Gasteiger partial charge in [0.15, 0.2) is 0 Å². The summed E-state index contributed by atoms with van der Waals surface area (Å²) in [6, 6.07) is 4.14. The minimum absolute atomic E-state index is 0.114. The molecule has 21 heavy (non-hydrogen) atoms. The van der Waals surface area contributed by atoms with Crippen molar-refractivity contribution >= 4 is 34.8 Å². The highest BCUT2D eigenvalue weighted by atomic mass is 35.5. The van der Waals surface area contributed by atoms with Crippen molar-refractivity contribution in [1.82, 2.24) is 4.90 Å². The summed E-state index contributed by atoms with van der Waals surface area (Å²) in [5.41, 5.74) is 1.50. The lowest BCUT2D eigenvalue weighted by atomic mass is 9.70. The Labute approximate surface area is 135 Å². The van der Waals surface area contributed by atoms with E-state index in [2.05, 4.69) is 24.1 Å². The van der Waals surface area contributed by atoms with E-state index in [4.69, 9.17) is 23.2 Å². The van der Waals surface area contributed by atoms with E-state index in [9.17, 15) is 4.79 Å². The van der Waals surface area contributed by atoms with Gasteiger partial charge in [-0.05, 0) is 63.9 Å². The van der Waals surface area contributed by atoms with Gasteiger partial charge in [-0.1, -0.05) is 23.2 Å². The molecule has 0 radical (unpaired) electrons. The van der Waals surface area contributed by atoms with Gasteiger partial charge in [-0.2, -0.15) is 0 Å². The van der Waals surface area contributed by atoms with Gasteiger partial charge in [0.2, 0.25) is 5.91 Å². The summed E-state index contributed by atoms with van der Waals surface area (Å²) in [5.74, 6) is 0.114. The molecular formula is C16H20Cl2N2O. The molecule has 1 fully saturated rings. The second kappa shape index (κ2) is 5.45. The topological polar surface area (TPSA) is 32.3 Å². The van der Waals surface area contributed by atoms with E-state index in [-0.39, 0.29) is 11.3 Å². The average Bonchev–Trinajstić information content (AvgIpc) is 2.42. The molecule has 1 saturated heterocycles. The van der Waals surface area contributed by atoms with Crippen molar-refractivity contribution in [2.24, 2.45) is 5.41 Å². The van der Waals surface area contributed by atoms with Gasteiger partial charge in [0, 0.05) is 11.1 Å². The van der Waals surface area contributed by atoms with Crippen LogP contribution in [0.1, 0.15) is 32.3 Å². The van der Waals surface area contributed by atoms with Gasteiger partial charge in [0.25, 0.3) is 0 Å². The Balaban J connectivity index is 1.88. The molecule has 1 aromatic carbocycles. The van der Waals surface area contributed by atoms with Gasteiger partial charge in [-0.15, -0.1) is 0 Å². The second-order valence-electron chi connectivity index (χ2n) is 6.46. The number of hydrogen-bond acceptors (Lipinski definition) is 2. The Morgan fingerprint density at radius 3 is 2.52 bits per heavy atom. The zero-order valence-electron chi connectivity index (χ0n) is 12.4. The highest BCUT2D eigenvalue weighted by Gasteiger charge is 2.45. The molecule has 1 N–H and O–H groups in total. The molecule has 0 unspecified atom stereocenters. The van der Waals surface area contributed by atoms with Crippen molar-refractivity contribution in [2.45, 2.75) is 39.2 Å². The van der Waals surface area contributed by atoms with Gasteiger partial charge in [0.1, 0.15) is 0 Å². The van der Waals surface area contributed by atoms with Crippen LogP contribution >= 0.6 is 23.2 Å². The van der Waals surface area contributed by atoms with E-state index in [1.807, 2.05) is 6.07 Å². The summed E-state index contributed by atoms with van der Waals surface area (Å²) in [6.07, 6.45) is 2.52. The molecule has 2 aliphatic heterocycles. The van der Waals surface area contributed by atoms with Crippen molar-refractivity contribution in [1.29, 1.82) is 0 Å². The number of likely N-dealkylation sites (tertiary alicyclic amines) is 1. The van der Waals surface area contributed by atoms with Crippen LogP contribution in [-0.4, -0.2) is 29.9 Å². The molecule has 1 amide bonds. The lowest BCUT2D eigenvalue weighted by Crippen LogP contribution is -2.51. The predicted molar refractivity (Wildman–Crippen MR) is 87.2 cm³/mol. The summed E-state index contributed by atoms with van der Waals surface area (Å²) in [4.78, 5) is 15.1. The summed E-state index contributed by atoms with van der Waals surface area (Å²) < 4.78 is 0. The van der Waals surface area contributed by atoms with Crippen LogP contribution in [0.15, 0.2) is 12.1 Å². The average molecular weight is 327 g/mol. The first-order valence-electron chi connectivity index (χ1n) is 7.45. The van der Waals surface area contributed by atoms with E-state index in [1.54, 1.807) is 6.07 Å². The van der Waals surface area contributed by atoms with Crippen LogP contribution in [0, 0.1) is 5.41 Å². The fourth-order valence-corrected chi connectivity index (χ4v) is 4.05. The van der Waals surface area contributed by atoms with Crippen LogP contribution in [-0.2, 0) is 11.2 Å². The zero-order valence-corrected chi connectivity index (χ0v) is 13.9. The Bertz CT molecular complexity index is 578. The normalized spacial score (nSPS) is 21.5. The van der Waals surface area contributed by atoms with E-state index in [1.165, 1.54) is 0 Å². The van der Waals surface area contributed by atoms with E-state index in [0.29, 0.717) is 16.1 Å². The number of piperidine rings is 1. The number of anilines is 1. The first-order chi connectivity index (χ1) is 9.91. The minimum atomic E-state index is -0.299. The molecule has 5 heteroatoms. The van der Waals surface area contributed by atoms with Crippen LogP contribution in [0.3, 0.4) is 0 Å². The highest BCUT2D eigenvalue weighted by Crippen LogP contribution is 2.44. The van der Waals surface area contributed by atoms with Crippen LogP contribution in [0.5, 0.6) is 0 Å². The van der Waals surface area contributed by atoms with Crippen LogP contribution in [0.25, 0.3) is 0 Å². The molecule has 3 rings (SSSR count). The highest BCUT2D eigenvalue weighted by molar-refractivity contribution is 6.37. The first-order valence-corrected chi connectivity index (χ1v) is 8.20. The number of nitrogens with one attached hydrogen (secondary N) is 1. The number of carbonyl (C=O) groups excluding carboxylic acids is 1. The maximum Gasteiger partial charge on any atom is 0.231 e. The lowest BCUT2D eigenvalue weighted by molar-refractivity contribution is -0.129. The fraction of sp³-hybridized carbons (Fsp3) is 0.562. The maximum atomic E-state index is 12.6. The third-order valence-corrected chi connectivity index (χ3v) is 5.39. The predicted octanol–water partition coefficient (Wildman–Crippen LogP) is 3.98. The van der Waals surface area contributed by atoms with E-state index in [0.717, 1.165) is 43.6 Å². The summed E-state index contributed by atoms with van der Waals surface area (Å²) in [7, 11) is 0. The third kappa shape index (κ3) is 2.67. The first kappa shape index (κ1) is 15.1. The van der Waals surface area contributed by atoms with Gasteiger partial charge >= 0.3 is 0 Å². The Kier molecular flexibility index (Phi) is 3.93. The largest absolute Gasteiger partial charge is 0.324 e. The molecule has 2 aliphatic rings. The molecule has 0 aromatic heterocycles. The summed E-state index contributed by atoms with van der Waals surface area (Å²) in [6.45, 7) is 6.34. The van der Waals surface area contributed by atoms with Gasteiger partial charge in [-0.25, -0.2) is 0 Å². The molecule has 0 bridgehead atoms. The Hall–Kier alpha value is -0.770.